The van der Waals surface area contributed by atoms with E-state index in [0.717, 1.165) is 22.0 Å². The van der Waals surface area contributed by atoms with Crippen molar-refractivity contribution in [2.45, 2.75) is 38.7 Å². The quantitative estimate of drug-likeness (QED) is 0.456. The first kappa shape index (κ1) is 20.0. The van der Waals surface area contributed by atoms with Crippen LogP contribution in [0.5, 0.6) is 5.75 Å². The fourth-order valence-corrected chi connectivity index (χ4v) is 2.98. The summed E-state index contributed by atoms with van der Waals surface area (Å²) >= 11 is 1.33. The van der Waals surface area contributed by atoms with Gasteiger partial charge in [-0.15, -0.1) is 11.8 Å². The lowest BCUT2D eigenvalue weighted by Gasteiger charge is -2.24. The summed E-state index contributed by atoms with van der Waals surface area (Å²) in [5.41, 5.74) is 1.69. The highest BCUT2D eigenvalue weighted by molar-refractivity contribution is 7.99. The number of amides is 1. The predicted octanol–water partition coefficient (Wildman–Crippen LogP) is 3.45. The molecule has 0 spiro atoms. The Morgan fingerprint density at radius 1 is 1.35 bits per heavy atom. The fourth-order valence-electron chi connectivity index (χ4n) is 2.50. The minimum atomic E-state index is -0.681. The van der Waals surface area contributed by atoms with Gasteiger partial charge in [0, 0.05) is 11.6 Å². The van der Waals surface area contributed by atoms with E-state index >= 15 is 0 Å². The molecule has 1 atom stereocenters. The maximum atomic E-state index is 12.6. The summed E-state index contributed by atoms with van der Waals surface area (Å²) in [6.45, 7) is 7.64. The Balaban J connectivity index is 2.20. The zero-order valence-electron chi connectivity index (χ0n) is 16.0. The number of aryl methyl sites for hydroxylation is 2. The first-order valence-corrected chi connectivity index (χ1v) is 9.50. The fraction of sp³-hybridized carbons (Fsp3) is 0.421. The van der Waals surface area contributed by atoms with Crippen LogP contribution in [0.3, 0.4) is 0 Å². The molecule has 0 aliphatic carbocycles. The van der Waals surface area contributed by atoms with Crippen molar-refractivity contribution in [3.8, 4) is 5.75 Å². The second-order valence-electron chi connectivity index (χ2n) is 6.64. The third kappa shape index (κ3) is 5.11. The Morgan fingerprint density at radius 3 is 2.73 bits per heavy atom. The van der Waals surface area contributed by atoms with Crippen LogP contribution in [0.15, 0.2) is 29.6 Å². The zero-order valence-corrected chi connectivity index (χ0v) is 16.8. The molecule has 140 valence electrons. The summed E-state index contributed by atoms with van der Waals surface area (Å²) in [7, 11) is 1.46. The van der Waals surface area contributed by atoms with Gasteiger partial charge in [0.1, 0.15) is 12.9 Å². The van der Waals surface area contributed by atoms with Crippen molar-refractivity contribution < 1.29 is 14.4 Å². The average Bonchev–Trinajstić information content (AvgIpc) is 2.57. The molecule has 0 fully saturated rings. The maximum absolute atomic E-state index is 12.6. The van der Waals surface area contributed by atoms with Crippen LogP contribution in [0.25, 0.3) is 10.9 Å². The summed E-state index contributed by atoms with van der Waals surface area (Å²) in [6.07, 6.45) is 5.22. The monoisotopic (exact) mass is 375 g/mol. The molecule has 0 aliphatic heterocycles. The molecule has 0 bridgehead atoms. The first-order chi connectivity index (χ1) is 12.3. The van der Waals surface area contributed by atoms with Crippen LogP contribution in [-0.2, 0) is 9.63 Å². The van der Waals surface area contributed by atoms with E-state index in [4.69, 9.17) is 4.74 Å². The Kier molecular flexibility index (Phi) is 6.47. The molecule has 0 saturated heterocycles. The lowest BCUT2D eigenvalue weighted by atomic mass is 10.1. The minimum Gasteiger partial charge on any atom is -0.470 e. The normalized spacial score (nSPS) is 13.0. The molecular weight excluding hydrogens is 350 g/mol. The number of aromatic nitrogens is 1. The molecular formula is C19H25N3O3S. The summed E-state index contributed by atoms with van der Waals surface area (Å²) in [6, 6.07) is 5.87. The zero-order chi connectivity index (χ0) is 19.3. The molecule has 1 unspecified atom stereocenters. The molecule has 0 saturated carbocycles. The van der Waals surface area contributed by atoms with Crippen LogP contribution < -0.4 is 10.1 Å². The number of carbonyl (C=O) groups excluding carboxylic acids is 1. The van der Waals surface area contributed by atoms with E-state index in [-0.39, 0.29) is 5.91 Å². The van der Waals surface area contributed by atoms with E-state index < -0.39 is 11.0 Å². The number of rotatable bonds is 7. The minimum absolute atomic E-state index is 0.231. The molecule has 0 aliphatic rings. The van der Waals surface area contributed by atoms with Gasteiger partial charge in [-0.3, -0.25) is 9.78 Å². The van der Waals surface area contributed by atoms with Crippen LogP contribution >= 0.6 is 11.8 Å². The van der Waals surface area contributed by atoms with Crippen LogP contribution in [0, 0.1) is 13.8 Å². The van der Waals surface area contributed by atoms with Gasteiger partial charge in [-0.25, -0.2) is 0 Å². The summed E-state index contributed by atoms with van der Waals surface area (Å²) < 4.78 is 5.95. The molecule has 0 radical (unpaired) electrons. The van der Waals surface area contributed by atoms with Gasteiger partial charge in [-0.05, 0) is 63.3 Å². The molecule has 1 N–H and O–H groups in total. The van der Waals surface area contributed by atoms with Gasteiger partial charge in [-0.1, -0.05) is 5.16 Å². The van der Waals surface area contributed by atoms with E-state index in [1.807, 2.05) is 52.3 Å². The van der Waals surface area contributed by atoms with Crippen LogP contribution in [-0.4, -0.2) is 41.4 Å². The average molecular weight is 375 g/mol. The van der Waals surface area contributed by atoms with Gasteiger partial charge in [0.05, 0.1) is 17.3 Å². The molecule has 1 heterocycles. The molecule has 2 rings (SSSR count). The molecule has 1 amide bonds. The van der Waals surface area contributed by atoms with E-state index in [9.17, 15) is 4.79 Å². The molecule has 6 nitrogen and oxygen atoms in total. The lowest BCUT2D eigenvalue weighted by Crippen LogP contribution is -2.49. The van der Waals surface area contributed by atoms with Gasteiger partial charge in [0.2, 0.25) is 5.44 Å². The van der Waals surface area contributed by atoms with Crippen molar-refractivity contribution in [2.75, 3.05) is 13.4 Å². The van der Waals surface area contributed by atoms with Crippen molar-refractivity contribution in [1.29, 1.82) is 0 Å². The summed E-state index contributed by atoms with van der Waals surface area (Å²) in [4.78, 5) is 21.7. The number of nitrogens with zero attached hydrogens (tertiary/aromatic N) is 2. The number of benzene rings is 1. The van der Waals surface area contributed by atoms with Crippen LogP contribution in [0.2, 0.25) is 0 Å². The van der Waals surface area contributed by atoms with Gasteiger partial charge in [-0.2, -0.15) is 0 Å². The van der Waals surface area contributed by atoms with E-state index in [0.29, 0.717) is 5.75 Å². The largest absolute Gasteiger partial charge is 0.470 e. The number of carbonyl (C=O) groups is 1. The van der Waals surface area contributed by atoms with Crippen molar-refractivity contribution >= 4 is 34.8 Å². The van der Waals surface area contributed by atoms with E-state index in [1.54, 1.807) is 0 Å². The van der Waals surface area contributed by atoms with E-state index in [1.165, 1.54) is 25.1 Å². The standard InChI is InChI=1S/C19H25N3O3S/c1-12-7-14-9-15(8-13(2)16(14)20-10-12)25-18(26-6)17(23)22-19(3,4)11-21-24-5/h7-11,18H,1-6H3,(H,22,23). The molecule has 1 aromatic carbocycles. The third-order valence-electron chi connectivity index (χ3n) is 3.68. The van der Waals surface area contributed by atoms with Gasteiger partial charge < -0.3 is 14.9 Å². The number of fused-ring (bicyclic) bond motifs is 1. The Hall–Kier alpha value is -2.28. The smallest absolute Gasteiger partial charge is 0.272 e. The first-order valence-electron chi connectivity index (χ1n) is 8.22. The van der Waals surface area contributed by atoms with E-state index in [2.05, 4.69) is 26.4 Å². The topological polar surface area (TPSA) is 72.8 Å². The van der Waals surface area contributed by atoms with Gasteiger partial charge >= 0.3 is 0 Å². The number of oxime groups is 1. The highest BCUT2D eigenvalue weighted by atomic mass is 32.2. The lowest BCUT2D eigenvalue weighted by molar-refractivity contribution is -0.125. The maximum Gasteiger partial charge on any atom is 0.272 e. The Morgan fingerprint density at radius 2 is 2.08 bits per heavy atom. The molecule has 1 aromatic heterocycles. The number of ether oxygens (including phenoxy) is 1. The van der Waals surface area contributed by atoms with Crippen LogP contribution in [0.4, 0.5) is 0 Å². The van der Waals surface area contributed by atoms with Gasteiger partial charge in [0.25, 0.3) is 5.91 Å². The Labute approximate surface area is 158 Å². The second-order valence-corrected chi connectivity index (χ2v) is 7.54. The van der Waals surface area contributed by atoms with Crippen LogP contribution in [0.1, 0.15) is 25.0 Å². The molecule has 26 heavy (non-hydrogen) atoms. The molecule has 7 heteroatoms. The number of pyridine rings is 1. The predicted molar refractivity (Wildman–Crippen MR) is 107 cm³/mol. The Bertz CT molecular complexity index is 821. The number of hydrogen-bond donors (Lipinski definition) is 1. The van der Waals surface area contributed by atoms with Crippen molar-refractivity contribution in [2.24, 2.45) is 5.16 Å². The highest BCUT2D eigenvalue weighted by Crippen LogP contribution is 2.26. The summed E-state index contributed by atoms with van der Waals surface area (Å²) in [5, 5.41) is 7.62. The second kappa shape index (κ2) is 8.40. The SMILES string of the molecule is CON=CC(C)(C)NC(=O)C(Oc1cc(C)c2ncc(C)cc2c1)SC. The third-order valence-corrected chi connectivity index (χ3v) is 4.42. The van der Waals surface area contributed by atoms with Crippen molar-refractivity contribution in [3.05, 3.63) is 35.5 Å². The highest BCUT2D eigenvalue weighted by Gasteiger charge is 2.26. The molecule has 2 aromatic rings. The number of thioether (sulfide) groups is 1. The summed E-state index contributed by atoms with van der Waals surface area (Å²) in [5.74, 6) is 0.408. The van der Waals surface area contributed by atoms with Gasteiger partial charge in [0.15, 0.2) is 0 Å². The van der Waals surface area contributed by atoms with Crippen molar-refractivity contribution in [1.82, 2.24) is 10.3 Å². The number of hydrogen-bond acceptors (Lipinski definition) is 6. The van der Waals surface area contributed by atoms with Crippen molar-refractivity contribution in [3.63, 3.8) is 0 Å². The number of nitrogens with one attached hydrogen (secondary N) is 1.